The summed E-state index contributed by atoms with van der Waals surface area (Å²) in [5, 5.41) is 6.98. The molecule has 1 fully saturated rings. The van der Waals surface area contributed by atoms with Crippen LogP contribution in [0.4, 0.5) is 5.69 Å². The third kappa shape index (κ3) is 2.88. The fourth-order valence-electron chi connectivity index (χ4n) is 2.33. The lowest BCUT2D eigenvalue weighted by Crippen LogP contribution is -2.38. The summed E-state index contributed by atoms with van der Waals surface area (Å²) in [6.45, 7) is 4.23. The van der Waals surface area contributed by atoms with E-state index in [9.17, 15) is 0 Å². The maximum Gasteiger partial charge on any atom is 0.162 e. The summed E-state index contributed by atoms with van der Waals surface area (Å²) in [7, 11) is 3.33. The van der Waals surface area contributed by atoms with Crippen LogP contribution >= 0.6 is 0 Å². The van der Waals surface area contributed by atoms with Gasteiger partial charge in [-0.1, -0.05) is 0 Å². The number of methoxy groups -OCH3 is 2. The molecule has 18 heavy (non-hydrogen) atoms. The van der Waals surface area contributed by atoms with E-state index in [4.69, 9.17) is 9.47 Å². The largest absolute Gasteiger partial charge is 0.493 e. The van der Waals surface area contributed by atoms with Crippen molar-refractivity contribution in [2.45, 2.75) is 25.8 Å². The highest BCUT2D eigenvalue weighted by Gasteiger charge is 2.15. The van der Waals surface area contributed by atoms with E-state index in [1.165, 1.54) is 18.4 Å². The lowest BCUT2D eigenvalue weighted by molar-refractivity contribution is 0.355. The molecule has 0 aromatic heterocycles. The Bertz CT molecular complexity index is 401. The molecule has 1 aromatic carbocycles. The molecular formula is C14H22N2O2. The number of hydrogen-bond donors (Lipinski definition) is 2. The van der Waals surface area contributed by atoms with Crippen LogP contribution in [0.3, 0.4) is 0 Å². The van der Waals surface area contributed by atoms with Gasteiger partial charge in [0, 0.05) is 24.3 Å². The predicted octanol–water partition coefficient (Wildman–Crippen LogP) is 2.18. The molecule has 4 nitrogen and oxygen atoms in total. The van der Waals surface area contributed by atoms with Gasteiger partial charge in [-0.15, -0.1) is 0 Å². The van der Waals surface area contributed by atoms with Crippen LogP contribution in [0.2, 0.25) is 0 Å². The van der Waals surface area contributed by atoms with Gasteiger partial charge in [-0.25, -0.2) is 0 Å². The van der Waals surface area contributed by atoms with Crippen molar-refractivity contribution in [2.75, 3.05) is 32.6 Å². The quantitative estimate of drug-likeness (QED) is 0.859. The van der Waals surface area contributed by atoms with Gasteiger partial charge in [-0.3, -0.25) is 0 Å². The summed E-state index contributed by atoms with van der Waals surface area (Å²) in [6.07, 6.45) is 2.44. The minimum absolute atomic E-state index is 0.496. The normalized spacial score (nSPS) is 19.4. The molecule has 1 aliphatic rings. The highest BCUT2D eigenvalue weighted by molar-refractivity contribution is 5.60. The molecule has 1 heterocycles. The molecule has 0 spiro atoms. The molecule has 0 amide bonds. The highest BCUT2D eigenvalue weighted by atomic mass is 16.5. The number of anilines is 1. The first kappa shape index (κ1) is 13.0. The first-order valence-electron chi connectivity index (χ1n) is 6.44. The second kappa shape index (κ2) is 5.96. The monoisotopic (exact) mass is 250 g/mol. The average Bonchev–Trinajstić information content (AvgIpc) is 2.41. The zero-order chi connectivity index (χ0) is 13.0. The van der Waals surface area contributed by atoms with E-state index in [2.05, 4.69) is 17.6 Å². The summed E-state index contributed by atoms with van der Waals surface area (Å²) in [4.78, 5) is 0. The van der Waals surface area contributed by atoms with Gasteiger partial charge in [-0.05, 0) is 37.9 Å². The SMILES string of the molecule is COc1cc(C)c(NC2CCCNC2)cc1OC. The van der Waals surface area contributed by atoms with Gasteiger partial charge in [0.2, 0.25) is 0 Å². The Kier molecular flexibility index (Phi) is 4.31. The Morgan fingerprint density at radius 3 is 2.56 bits per heavy atom. The van der Waals surface area contributed by atoms with Crippen LogP contribution in [0.1, 0.15) is 18.4 Å². The number of rotatable bonds is 4. The molecular weight excluding hydrogens is 228 g/mol. The van der Waals surface area contributed by atoms with Crippen molar-refractivity contribution in [3.8, 4) is 11.5 Å². The Balaban J connectivity index is 2.16. The topological polar surface area (TPSA) is 42.5 Å². The third-order valence-corrected chi connectivity index (χ3v) is 3.39. The van der Waals surface area contributed by atoms with Crippen molar-refractivity contribution >= 4 is 5.69 Å². The van der Waals surface area contributed by atoms with Crippen LogP contribution in [0.5, 0.6) is 11.5 Å². The first-order valence-corrected chi connectivity index (χ1v) is 6.44. The number of piperidine rings is 1. The summed E-state index contributed by atoms with van der Waals surface area (Å²) in [6, 6.07) is 4.52. The van der Waals surface area contributed by atoms with Gasteiger partial charge >= 0.3 is 0 Å². The predicted molar refractivity (Wildman–Crippen MR) is 73.8 cm³/mol. The lowest BCUT2D eigenvalue weighted by atomic mass is 10.1. The Labute approximate surface area is 109 Å². The summed E-state index contributed by atoms with van der Waals surface area (Å²) < 4.78 is 10.6. The van der Waals surface area contributed by atoms with Crippen molar-refractivity contribution in [3.05, 3.63) is 17.7 Å². The van der Waals surface area contributed by atoms with Crippen molar-refractivity contribution in [1.29, 1.82) is 0 Å². The standard InChI is InChI=1S/C14H22N2O2/c1-10-7-13(17-2)14(18-3)8-12(10)16-11-5-4-6-15-9-11/h7-8,11,15-16H,4-6,9H2,1-3H3. The molecule has 2 N–H and O–H groups in total. The van der Waals surface area contributed by atoms with Crippen LogP contribution < -0.4 is 20.1 Å². The molecule has 100 valence electrons. The van der Waals surface area contributed by atoms with Crippen molar-refractivity contribution in [2.24, 2.45) is 0 Å². The van der Waals surface area contributed by atoms with Crippen molar-refractivity contribution < 1.29 is 9.47 Å². The molecule has 4 heteroatoms. The van der Waals surface area contributed by atoms with E-state index in [1.807, 2.05) is 12.1 Å². The van der Waals surface area contributed by atoms with Crippen LogP contribution in [0.25, 0.3) is 0 Å². The van der Waals surface area contributed by atoms with Gasteiger partial charge in [0.05, 0.1) is 14.2 Å². The Hall–Kier alpha value is -1.42. The fraction of sp³-hybridized carbons (Fsp3) is 0.571. The van der Waals surface area contributed by atoms with E-state index in [0.717, 1.165) is 30.3 Å². The van der Waals surface area contributed by atoms with E-state index in [1.54, 1.807) is 14.2 Å². The Morgan fingerprint density at radius 1 is 1.22 bits per heavy atom. The molecule has 0 radical (unpaired) electrons. The second-order valence-electron chi connectivity index (χ2n) is 4.71. The molecule has 0 saturated carbocycles. The summed E-state index contributed by atoms with van der Waals surface area (Å²) in [5.41, 5.74) is 2.31. The smallest absolute Gasteiger partial charge is 0.162 e. The van der Waals surface area contributed by atoms with Gasteiger partial charge < -0.3 is 20.1 Å². The van der Waals surface area contributed by atoms with E-state index in [-0.39, 0.29) is 0 Å². The number of nitrogens with one attached hydrogen (secondary N) is 2. The second-order valence-corrected chi connectivity index (χ2v) is 4.71. The third-order valence-electron chi connectivity index (χ3n) is 3.39. The van der Waals surface area contributed by atoms with Gasteiger partial charge in [0.1, 0.15) is 0 Å². The fourth-order valence-corrected chi connectivity index (χ4v) is 2.33. The first-order chi connectivity index (χ1) is 8.74. The number of aryl methyl sites for hydroxylation is 1. The van der Waals surface area contributed by atoms with E-state index >= 15 is 0 Å². The maximum absolute atomic E-state index is 5.34. The maximum atomic E-state index is 5.34. The molecule has 2 rings (SSSR count). The summed E-state index contributed by atoms with van der Waals surface area (Å²) in [5.74, 6) is 1.55. The van der Waals surface area contributed by atoms with E-state index < -0.39 is 0 Å². The molecule has 1 aliphatic heterocycles. The number of benzene rings is 1. The molecule has 1 saturated heterocycles. The van der Waals surface area contributed by atoms with Crippen molar-refractivity contribution in [3.63, 3.8) is 0 Å². The van der Waals surface area contributed by atoms with Gasteiger partial charge in [0.15, 0.2) is 11.5 Å². The molecule has 0 aliphatic carbocycles. The van der Waals surface area contributed by atoms with Crippen LogP contribution in [0.15, 0.2) is 12.1 Å². The minimum Gasteiger partial charge on any atom is -0.493 e. The zero-order valence-electron chi connectivity index (χ0n) is 11.4. The van der Waals surface area contributed by atoms with Crippen LogP contribution in [0, 0.1) is 6.92 Å². The molecule has 1 atom stereocenters. The minimum atomic E-state index is 0.496. The summed E-state index contributed by atoms with van der Waals surface area (Å²) >= 11 is 0. The molecule has 1 aromatic rings. The highest BCUT2D eigenvalue weighted by Crippen LogP contribution is 2.33. The molecule has 1 unspecified atom stereocenters. The van der Waals surface area contributed by atoms with Crippen LogP contribution in [-0.4, -0.2) is 33.4 Å². The van der Waals surface area contributed by atoms with E-state index in [0.29, 0.717) is 6.04 Å². The van der Waals surface area contributed by atoms with Gasteiger partial charge in [-0.2, -0.15) is 0 Å². The van der Waals surface area contributed by atoms with Gasteiger partial charge in [0.25, 0.3) is 0 Å². The number of ether oxygens (including phenoxy) is 2. The average molecular weight is 250 g/mol. The van der Waals surface area contributed by atoms with Crippen LogP contribution in [-0.2, 0) is 0 Å². The van der Waals surface area contributed by atoms with Crippen molar-refractivity contribution in [1.82, 2.24) is 5.32 Å². The zero-order valence-corrected chi connectivity index (χ0v) is 11.4. The lowest BCUT2D eigenvalue weighted by Gasteiger charge is -2.26. The molecule has 0 bridgehead atoms. The number of hydrogen-bond acceptors (Lipinski definition) is 4. The Morgan fingerprint density at radius 2 is 1.94 bits per heavy atom.